The number of hydrogen-bond donors (Lipinski definition) is 1. The van der Waals surface area contributed by atoms with Crippen LogP contribution in [0.3, 0.4) is 0 Å². The van der Waals surface area contributed by atoms with Crippen LogP contribution in [0.4, 0.5) is 14.5 Å². The van der Waals surface area contributed by atoms with Crippen molar-refractivity contribution < 1.29 is 60.0 Å². The Labute approximate surface area is 336 Å². The molecule has 0 aliphatic heterocycles. The number of hydrogen-bond acceptors (Lipinski definition) is 12. The maximum Gasteiger partial charge on any atom is 0.387 e. The molecule has 1 N–H and O–H groups in total. The van der Waals surface area contributed by atoms with Gasteiger partial charge in [-0.2, -0.15) is 13.5 Å². The first-order valence-corrected chi connectivity index (χ1v) is 20.9. The molecule has 1 atom stereocenters. The number of carbonyl (C=O) groups is 3. The van der Waals surface area contributed by atoms with Gasteiger partial charge in [0.25, 0.3) is 0 Å². The normalized spacial score (nSPS) is 14.9. The van der Waals surface area contributed by atoms with Gasteiger partial charge in [-0.15, -0.1) is 0 Å². The summed E-state index contributed by atoms with van der Waals surface area (Å²) < 4.78 is 82.1. The molecule has 0 saturated heterocycles. The number of esters is 2. The summed E-state index contributed by atoms with van der Waals surface area (Å²) in [4.78, 5) is 38.9. The molecule has 0 amide bonds. The molecule has 0 radical (unpaired) electrons. The zero-order chi connectivity index (χ0) is 40.8. The number of halogens is 4. The highest BCUT2D eigenvalue weighted by molar-refractivity contribution is 8.14. The lowest BCUT2D eigenvalue weighted by Gasteiger charge is -2.21. The molecule has 0 spiro atoms. The third-order valence-electron chi connectivity index (χ3n) is 8.15. The van der Waals surface area contributed by atoms with Gasteiger partial charge in [0.05, 0.1) is 24.7 Å². The number of alkyl halides is 2. The Balaban J connectivity index is 1.32. The maximum atomic E-state index is 13.3. The molecule has 56 heavy (non-hydrogen) atoms. The van der Waals surface area contributed by atoms with Crippen LogP contribution in [0.1, 0.15) is 74.0 Å². The standard InChI is InChI=1S/C37H40Cl2F2N2O11S2/c1-37(2,3)54-34(45)20-56(48,49)42-28-10-8-24(13-31(28)50-17-21-4-5-21)35(46)55-19-33(44)52-30(14-25-26(38)15-43(47)16-27(25)39)23-9-11-29(53-36(40)41)32(12-23)51-18-22-6-7-22/h8-13,15-16,21-22,30,36,42H,4-7,14,17-20H2,1-3H3/t30-/m0/s1. The van der Waals surface area contributed by atoms with Crippen LogP contribution in [-0.4, -0.2) is 62.4 Å². The predicted molar refractivity (Wildman–Crippen MR) is 204 cm³/mol. The summed E-state index contributed by atoms with van der Waals surface area (Å²) in [6.07, 6.45) is 4.57. The van der Waals surface area contributed by atoms with Gasteiger partial charge in [0, 0.05) is 17.5 Å². The molecule has 5 rings (SSSR count). The fourth-order valence-corrected chi connectivity index (χ4v) is 7.29. The van der Waals surface area contributed by atoms with Crippen molar-refractivity contribution in [3.8, 4) is 17.2 Å². The lowest BCUT2D eigenvalue weighted by atomic mass is 10.0. The van der Waals surface area contributed by atoms with Crippen molar-refractivity contribution in [2.75, 3.05) is 29.4 Å². The summed E-state index contributed by atoms with van der Waals surface area (Å²) in [5.41, 5.74) is -0.243. The van der Waals surface area contributed by atoms with E-state index in [1.54, 1.807) is 20.8 Å². The zero-order valence-electron chi connectivity index (χ0n) is 30.6. The molecule has 2 saturated carbocycles. The molecule has 304 valence electrons. The number of sulfonamides is 1. The van der Waals surface area contributed by atoms with E-state index in [9.17, 15) is 36.8 Å². The molecule has 19 heteroatoms. The SMILES string of the molecule is CC(C)(C)OC(=O)CS(=O)(=O)Nc1ccc(C(=O)SCC(=O)O[C@@H](Cc2c(Cl)c[n+]([O-])cc2Cl)c2ccc(OC(F)F)c(OCC3CC3)c2)cc1OCC1CC1. The minimum absolute atomic E-state index is 0.00163. The van der Waals surface area contributed by atoms with E-state index < -0.39 is 56.9 Å². The molecular formula is C37H40Cl2F2N2O11S2. The van der Waals surface area contributed by atoms with Crippen LogP contribution in [0.2, 0.25) is 10.0 Å². The van der Waals surface area contributed by atoms with Crippen LogP contribution in [-0.2, 0) is 35.5 Å². The minimum atomic E-state index is -4.22. The summed E-state index contributed by atoms with van der Waals surface area (Å²) in [7, 11) is -4.22. The number of nitrogens with zero attached hydrogens (tertiary/aromatic N) is 1. The average Bonchev–Trinajstić information content (AvgIpc) is 4.02. The third kappa shape index (κ3) is 13.6. The van der Waals surface area contributed by atoms with Crippen LogP contribution in [0, 0.1) is 17.0 Å². The van der Waals surface area contributed by atoms with E-state index in [1.807, 2.05) is 0 Å². The number of carbonyl (C=O) groups excluding carboxylic acids is 3. The number of nitrogens with one attached hydrogen (secondary N) is 1. The summed E-state index contributed by atoms with van der Waals surface area (Å²) >= 11 is 13.3. The van der Waals surface area contributed by atoms with E-state index in [0.717, 1.165) is 38.1 Å². The van der Waals surface area contributed by atoms with E-state index in [-0.39, 0.29) is 75.6 Å². The highest BCUT2D eigenvalue weighted by Crippen LogP contribution is 2.38. The number of thioether (sulfide) groups is 1. The molecule has 2 fully saturated rings. The number of anilines is 1. The summed E-state index contributed by atoms with van der Waals surface area (Å²) in [6, 6.07) is 8.06. The lowest BCUT2D eigenvalue weighted by molar-refractivity contribution is -0.605. The minimum Gasteiger partial charge on any atom is -0.619 e. The van der Waals surface area contributed by atoms with Crippen LogP contribution in [0.15, 0.2) is 48.8 Å². The average molecular weight is 862 g/mol. The first kappa shape index (κ1) is 43.1. The molecule has 2 aromatic carbocycles. The van der Waals surface area contributed by atoms with Crippen molar-refractivity contribution in [1.82, 2.24) is 0 Å². The van der Waals surface area contributed by atoms with Gasteiger partial charge in [-0.25, -0.2) is 8.42 Å². The molecule has 0 unspecified atom stereocenters. The van der Waals surface area contributed by atoms with Crippen LogP contribution in [0.25, 0.3) is 0 Å². The van der Waals surface area contributed by atoms with Crippen molar-refractivity contribution >= 4 is 67.7 Å². The zero-order valence-corrected chi connectivity index (χ0v) is 33.7. The number of benzene rings is 2. The second-order valence-corrected chi connectivity index (χ2v) is 17.8. The van der Waals surface area contributed by atoms with Gasteiger partial charge in [0.1, 0.15) is 27.5 Å². The Morgan fingerprint density at radius 1 is 0.929 bits per heavy atom. The smallest absolute Gasteiger partial charge is 0.387 e. The van der Waals surface area contributed by atoms with Gasteiger partial charge in [0.15, 0.2) is 29.6 Å². The van der Waals surface area contributed by atoms with Crippen LogP contribution >= 0.6 is 35.0 Å². The first-order valence-electron chi connectivity index (χ1n) is 17.5. The second kappa shape index (κ2) is 18.5. The molecule has 2 aliphatic carbocycles. The summed E-state index contributed by atoms with van der Waals surface area (Å²) in [6.45, 7) is 2.23. The molecule has 2 aliphatic rings. The van der Waals surface area contributed by atoms with Crippen molar-refractivity contribution in [2.24, 2.45) is 11.8 Å². The topological polar surface area (TPSA) is 170 Å². The van der Waals surface area contributed by atoms with Crippen molar-refractivity contribution in [3.63, 3.8) is 0 Å². The van der Waals surface area contributed by atoms with Crippen molar-refractivity contribution in [2.45, 2.75) is 71.2 Å². The molecule has 3 aromatic rings. The number of pyridine rings is 1. The highest BCUT2D eigenvalue weighted by Gasteiger charge is 2.29. The van der Waals surface area contributed by atoms with Crippen molar-refractivity contribution in [3.05, 3.63) is 80.7 Å². The molecule has 0 bridgehead atoms. The summed E-state index contributed by atoms with van der Waals surface area (Å²) in [5.74, 6) is -2.86. The van der Waals surface area contributed by atoms with Gasteiger partial charge in [0.2, 0.25) is 15.1 Å². The number of rotatable bonds is 19. The largest absolute Gasteiger partial charge is 0.619 e. The molecule has 1 aromatic heterocycles. The predicted octanol–water partition coefficient (Wildman–Crippen LogP) is 7.29. The fraction of sp³-hybridized carbons (Fsp3) is 0.459. The van der Waals surface area contributed by atoms with E-state index in [1.165, 1.54) is 36.4 Å². The van der Waals surface area contributed by atoms with Crippen LogP contribution < -0.4 is 23.7 Å². The van der Waals surface area contributed by atoms with E-state index in [0.29, 0.717) is 22.1 Å². The number of ether oxygens (including phenoxy) is 5. The Hall–Kier alpha value is -4.06. The lowest BCUT2D eigenvalue weighted by Crippen LogP contribution is -2.30. The Morgan fingerprint density at radius 2 is 1.55 bits per heavy atom. The molecule has 13 nitrogen and oxygen atoms in total. The van der Waals surface area contributed by atoms with E-state index in [4.69, 9.17) is 42.1 Å². The van der Waals surface area contributed by atoms with E-state index in [2.05, 4.69) is 9.46 Å². The van der Waals surface area contributed by atoms with Gasteiger partial charge >= 0.3 is 18.6 Å². The van der Waals surface area contributed by atoms with Gasteiger partial charge in [-0.05, 0) is 94.2 Å². The first-order chi connectivity index (χ1) is 26.3. The number of aromatic nitrogens is 1. The van der Waals surface area contributed by atoms with E-state index >= 15 is 0 Å². The van der Waals surface area contributed by atoms with Crippen molar-refractivity contribution in [1.29, 1.82) is 0 Å². The highest BCUT2D eigenvalue weighted by atomic mass is 35.5. The fourth-order valence-electron chi connectivity index (χ4n) is 5.14. The molecular weight excluding hydrogens is 821 g/mol. The van der Waals surface area contributed by atoms with Gasteiger partial charge in [-0.1, -0.05) is 41.0 Å². The monoisotopic (exact) mass is 860 g/mol. The second-order valence-electron chi connectivity index (χ2n) is 14.3. The van der Waals surface area contributed by atoms with Gasteiger partial charge < -0.3 is 28.9 Å². The van der Waals surface area contributed by atoms with Crippen LogP contribution in [0.5, 0.6) is 17.2 Å². The Bertz CT molecular complexity index is 2020. The Kier molecular flexibility index (Phi) is 14.2. The third-order valence-corrected chi connectivity index (χ3v) is 10.8. The maximum absolute atomic E-state index is 13.3. The Morgan fingerprint density at radius 3 is 2.14 bits per heavy atom. The molecule has 1 heterocycles. The van der Waals surface area contributed by atoms with Gasteiger partial charge in [-0.3, -0.25) is 19.1 Å². The summed E-state index contributed by atoms with van der Waals surface area (Å²) in [5, 5.41) is 11.3. The quantitative estimate of drug-likeness (QED) is 0.0727.